The minimum atomic E-state index is -3.88. The lowest BCUT2D eigenvalue weighted by molar-refractivity contribution is 0.107. The molecule has 0 bridgehead atoms. The summed E-state index contributed by atoms with van der Waals surface area (Å²) in [5.41, 5.74) is 2.84. The molecule has 0 aliphatic heterocycles. The molecule has 1 aromatic carbocycles. The smallest absolute Gasteiger partial charge is 0.269 e. The fourth-order valence-corrected chi connectivity index (χ4v) is 5.92. The van der Waals surface area contributed by atoms with Crippen molar-refractivity contribution >= 4 is 32.7 Å². The normalized spacial score (nSPS) is 18.4. The van der Waals surface area contributed by atoms with Gasteiger partial charge in [-0.15, -0.1) is 0 Å². The van der Waals surface area contributed by atoms with Gasteiger partial charge in [-0.1, -0.05) is 17.7 Å². The number of hydrogen-bond acceptors (Lipinski definition) is 8. The summed E-state index contributed by atoms with van der Waals surface area (Å²) in [6, 6.07) is 8.57. The van der Waals surface area contributed by atoms with Gasteiger partial charge in [0, 0.05) is 6.20 Å². The summed E-state index contributed by atoms with van der Waals surface area (Å²) in [6.07, 6.45) is 6.21. The minimum absolute atomic E-state index is 0.173. The summed E-state index contributed by atoms with van der Waals surface area (Å²) in [7, 11) is -3.88. The molecule has 0 saturated heterocycles. The molecule has 1 fully saturated rings. The lowest BCUT2D eigenvalue weighted by Gasteiger charge is -2.26. The maximum atomic E-state index is 13.4. The van der Waals surface area contributed by atoms with Gasteiger partial charge in [0.05, 0.1) is 46.6 Å². The Labute approximate surface area is 210 Å². The molecule has 0 radical (unpaired) electrons. The first-order valence-electron chi connectivity index (χ1n) is 12.1. The lowest BCUT2D eigenvalue weighted by Crippen LogP contribution is -2.22. The van der Waals surface area contributed by atoms with Gasteiger partial charge >= 0.3 is 0 Å². The fraction of sp³-hybridized carbons (Fsp3) is 0.400. The molecule has 0 unspecified atom stereocenters. The molecule has 10 nitrogen and oxygen atoms in total. The van der Waals surface area contributed by atoms with Gasteiger partial charge in [-0.25, -0.2) is 12.4 Å². The van der Waals surface area contributed by atoms with E-state index in [1.165, 1.54) is 6.20 Å². The number of nitrogens with one attached hydrogen (secondary N) is 1. The number of benzene rings is 1. The highest BCUT2D eigenvalue weighted by Crippen LogP contribution is 2.33. The molecule has 11 heteroatoms. The van der Waals surface area contributed by atoms with Crippen LogP contribution in [-0.4, -0.2) is 50.0 Å². The SMILES string of the molecule is CCOc1nc(Nc2cnn(C3CCC(O)CC3)c2C)nc2c1ccn2S(=O)(=O)c1ccc(C)cc1. The van der Waals surface area contributed by atoms with E-state index < -0.39 is 10.0 Å². The Balaban J connectivity index is 1.52. The second-order valence-electron chi connectivity index (χ2n) is 9.13. The molecule has 1 aliphatic rings. The summed E-state index contributed by atoms with van der Waals surface area (Å²) >= 11 is 0. The Morgan fingerprint density at radius 1 is 1.08 bits per heavy atom. The van der Waals surface area contributed by atoms with E-state index in [1.54, 1.807) is 36.5 Å². The summed E-state index contributed by atoms with van der Waals surface area (Å²) < 4.78 is 35.7. The second kappa shape index (κ2) is 9.55. The van der Waals surface area contributed by atoms with Crippen LogP contribution in [0.2, 0.25) is 0 Å². The largest absolute Gasteiger partial charge is 0.477 e. The standard InChI is InChI=1S/C25H30N6O4S/c1-4-35-24-21-13-14-30(36(33,34)20-11-5-16(2)6-12-20)23(21)28-25(29-24)27-22-15-26-31(17(22)3)18-7-9-19(32)10-8-18/h5-6,11-15,18-19,32H,4,7-10H2,1-3H3,(H,27,28,29). The average Bonchev–Trinajstić information content (AvgIpc) is 3.45. The van der Waals surface area contributed by atoms with Crippen molar-refractivity contribution in [3.05, 3.63) is 54.0 Å². The van der Waals surface area contributed by atoms with E-state index in [9.17, 15) is 13.5 Å². The summed E-state index contributed by atoms with van der Waals surface area (Å²) in [5.74, 6) is 0.515. The third-order valence-corrected chi connectivity index (χ3v) is 8.32. The topological polar surface area (TPSA) is 124 Å². The number of aromatic nitrogens is 5. The first-order valence-corrected chi connectivity index (χ1v) is 13.5. The third-order valence-electron chi connectivity index (χ3n) is 6.64. The molecule has 0 spiro atoms. The Morgan fingerprint density at radius 3 is 2.50 bits per heavy atom. The number of hydrogen-bond donors (Lipinski definition) is 2. The molecule has 36 heavy (non-hydrogen) atoms. The van der Waals surface area contributed by atoms with Crippen LogP contribution < -0.4 is 10.1 Å². The second-order valence-corrected chi connectivity index (χ2v) is 10.9. The van der Waals surface area contributed by atoms with Crippen LogP contribution in [0.15, 0.2) is 47.6 Å². The van der Waals surface area contributed by atoms with Crippen LogP contribution >= 0.6 is 0 Å². The molecule has 2 N–H and O–H groups in total. The van der Waals surface area contributed by atoms with Crippen molar-refractivity contribution in [3.8, 4) is 5.88 Å². The molecular weight excluding hydrogens is 480 g/mol. The predicted molar refractivity (Wildman–Crippen MR) is 136 cm³/mol. The Bertz CT molecular complexity index is 1490. The van der Waals surface area contributed by atoms with Crippen molar-refractivity contribution in [2.24, 2.45) is 0 Å². The molecule has 5 rings (SSSR count). The first kappa shape index (κ1) is 24.3. The van der Waals surface area contributed by atoms with E-state index in [0.717, 1.165) is 46.6 Å². The van der Waals surface area contributed by atoms with Crippen molar-refractivity contribution in [3.63, 3.8) is 0 Å². The molecule has 1 saturated carbocycles. The van der Waals surface area contributed by atoms with E-state index in [4.69, 9.17) is 4.74 Å². The van der Waals surface area contributed by atoms with Crippen LogP contribution in [0, 0.1) is 13.8 Å². The van der Waals surface area contributed by atoms with Crippen LogP contribution in [0.25, 0.3) is 11.0 Å². The summed E-state index contributed by atoms with van der Waals surface area (Å²) in [4.78, 5) is 9.26. The van der Waals surface area contributed by atoms with Crippen LogP contribution in [0.3, 0.4) is 0 Å². The quantitative estimate of drug-likeness (QED) is 0.381. The van der Waals surface area contributed by atoms with E-state index in [2.05, 4.69) is 20.4 Å². The number of fused-ring (bicyclic) bond motifs is 1. The lowest BCUT2D eigenvalue weighted by atomic mass is 9.93. The maximum Gasteiger partial charge on any atom is 0.269 e. The number of rotatable bonds is 7. The van der Waals surface area contributed by atoms with Gasteiger partial charge in [-0.2, -0.15) is 15.1 Å². The Kier molecular flexibility index (Phi) is 6.44. The van der Waals surface area contributed by atoms with Crippen LogP contribution in [-0.2, 0) is 10.0 Å². The first-order chi connectivity index (χ1) is 17.3. The third kappa shape index (κ3) is 4.44. The Hall–Kier alpha value is -3.44. The van der Waals surface area contributed by atoms with Gasteiger partial charge in [0.15, 0.2) is 5.65 Å². The molecule has 3 aromatic heterocycles. The molecule has 1 aliphatic carbocycles. The molecule has 4 aromatic rings. The van der Waals surface area contributed by atoms with Crippen molar-refractivity contribution in [1.29, 1.82) is 0 Å². The van der Waals surface area contributed by atoms with Crippen molar-refractivity contribution in [2.75, 3.05) is 11.9 Å². The summed E-state index contributed by atoms with van der Waals surface area (Å²) in [5, 5.41) is 18.1. The highest BCUT2D eigenvalue weighted by molar-refractivity contribution is 7.90. The number of anilines is 2. The predicted octanol–water partition coefficient (Wildman–Crippen LogP) is 4.10. The monoisotopic (exact) mass is 510 g/mol. The van der Waals surface area contributed by atoms with Gasteiger partial charge < -0.3 is 15.2 Å². The zero-order valence-corrected chi connectivity index (χ0v) is 21.4. The molecular formula is C25H30N6O4S. The molecule has 3 heterocycles. The molecule has 0 amide bonds. The van der Waals surface area contributed by atoms with Crippen molar-refractivity contribution in [1.82, 2.24) is 23.7 Å². The van der Waals surface area contributed by atoms with E-state index in [-0.39, 0.29) is 28.6 Å². The number of ether oxygens (including phenoxy) is 1. The van der Waals surface area contributed by atoms with Gasteiger partial charge in [-0.3, -0.25) is 4.68 Å². The van der Waals surface area contributed by atoms with E-state index in [0.29, 0.717) is 17.9 Å². The van der Waals surface area contributed by atoms with Crippen LogP contribution in [0.1, 0.15) is 49.9 Å². The highest BCUT2D eigenvalue weighted by atomic mass is 32.2. The number of aryl methyl sites for hydroxylation is 1. The van der Waals surface area contributed by atoms with Crippen LogP contribution in [0.5, 0.6) is 5.88 Å². The van der Waals surface area contributed by atoms with E-state index in [1.807, 2.05) is 25.5 Å². The van der Waals surface area contributed by atoms with Gasteiger partial charge in [0.1, 0.15) is 0 Å². The highest BCUT2D eigenvalue weighted by Gasteiger charge is 2.25. The summed E-state index contributed by atoms with van der Waals surface area (Å²) in [6.45, 7) is 6.08. The molecule has 190 valence electrons. The molecule has 0 atom stereocenters. The number of aliphatic hydroxyl groups excluding tert-OH is 1. The Morgan fingerprint density at radius 2 is 1.81 bits per heavy atom. The average molecular weight is 511 g/mol. The zero-order valence-electron chi connectivity index (χ0n) is 20.5. The number of aliphatic hydroxyl groups is 1. The van der Waals surface area contributed by atoms with E-state index >= 15 is 0 Å². The van der Waals surface area contributed by atoms with Gasteiger partial charge in [-0.05, 0) is 64.7 Å². The van der Waals surface area contributed by atoms with Gasteiger partial charge in [0.2, 0.25) is 11.8 Å². The fourth-order valence-electron chi connectivity index (χ4n) is 4.62. The number of nitrogens with zero attached hydrogens (tertiary/aromatic N) is 5. The zero-order chi connectivity index (χ0) is 25.4. The minimum Gasteiger partial charge on any atom is -0.477 e. The van der Waals surface area contributed by atoms with Crippen LogP contribution in [0.4, 0.5) is 11.6 Å². The van der Waals surface area contributed by atoms with Crippen molar-refractivity contribution in [2.45, 2.75) is 63.5 Å². The van der Waals surface area contributed by atoms with Gasteiger partial charge in [0.25, 0.3) is 10.0 Å². The maximum absolute atomic E-state index is 13.4. The van der Waals surface area contributed by atoms with Crippen molar-refractivity contribution < 1.29 is 18.3 Å².